The van der Waals surface area contributed by atoms with Crippen LogP contribution in [-0.4, -0.2) is 24.9 Å². The Morgan fingerprint density at radius 1 is 1.17 bits per heavy atom. The molecule has 0 aliphatic carbocycles. The van der Waals surface area contributed by atoms with Crippen molar-refractivity contribution in [3.63, 3.8) is 0 Å². The summed E-state index contributed by atoms with van der Waals surface area (Å²) >= 11 is 6.05. The van der Waals surface area contributed by atoms with Crippen LogP contribution < -0.4 is 4.72 Å². The Balaban J connectivity index is 1.73. The quantitative estimate of drug-likeness (QED) is 0.560. The zero-order valence-corrected chi connectivity index (χ0v) is 18.3. The maximum Gasteiger partial charge on any atom is 0.338 e. The Bertz CT molecular complexity index is 1150. The van der Waals surface area contributed by atoms with Crippen molar-refractivity contribution in [3.05, 3.63) is 71.1 Å². The zero-order chi connectivity index (χ0) is 21.9. The van der Waals surface area contributed by atoms with Crippen molar-refractivity contribution in [2.45, 2.75) is 37.8 Å². The Morgan fingerprint density at radius 3 is 2.53 bits per heavy atom. The van der Waals surface area contributed by atoms with Crippen LogP contribution in [0.5, 0.6) is 0 Å². The summed E-state index contributed by atoms with van der Waals surface area (Å²) in [6.45, 7) is 4.99. The number of sulfonamides is 1. The zero-order valence-electron chi connectivity index (χ0n) is 16.7. The van der Waals surface area contributed by atoms with E-state index in [1.165, 1.54) is 24.5 Å². The van der Waals surface area contributed by atoms with Crippen LogP contribution in [0.1, 0.15) is 36.8 Å². The average molecular weight is 449 g/mol. The first-order chi connectivity index (χ1) is 14.0. The Labute approximate surface area is 180 Å². The third-order valence-corrected chi connectivity index (χ3v) is 6.06. The number of aromatic nitrogens is 1. The Morgan fingerprint density at radius 2 is 1.87 bits per heavy atom. The summed E-state index contributed by atoms with van der Waals surface area (Å²) in [6.07, 6.45) is 1.40. The predicted molar refractivity (Wildman–Crippen MR) is 113 cm³/mol. The molecular formula is C21H21ClN2O5S. The van der Waals surface area contributed by atoms with Crippen LogP contribution in [0.2, 0.25) is 5.02 Å². The van der Waals surface area contributed by atoms with Gasteiger partial charge in [-0.05, 0) is 51.1 Å². The molecular weight excluding hydrogens is 428 g/mol. The number of ether oxygens (including phenoxy) is 1. The molecule has 0 fully saturated rings. The van der Waals surface area contributed by atoms with E-state index in [4.69, 9.17) is 20.8 Å². The summed E-state index contributed by atoms with van der Waals surface area (Å²) in [7, 11) is -3.92. The number of benzene rings is 2. The molecule has 7 nitrogen and oxygen atoms in total. The van der Waals surface area contributed by atoms with Crippen molar-refractivity contribution >= 4 is 27.6 Å². The molecule has 158 valence electrons. The number of oxazole rings is 1. The van der Waals surface area contributed by atoms with Gasteiger partial charge in [-0.1, -0.05) is 29.8 Å². The summed E-state index contributed by atoms with van der Waals surface area (Å²) in [4.78, 5) is 16.5. The van der Waals surface area contributed by atoms with Gasteiger partial charge in [-0.2, -0.15) is 0 Å². The van der Waals surface area contributed by atoms with Crippen LogP contribution in [0.15, 0.2) is 64.1 Å². The van der Waals surface area contributed by atoms with E-state index in [9.17, 15) is 13.2 Å². The lowest BCUT2D eigenvalue weighted by atomic mass is 10.1. The molecule has 0 spiro atoms. The second kappa shape index (κ2) is 8.59. The van der Waals surface area contributed by atoms with Gasteiger partial charge in [-0.3, -0.25) is 0 Å². The molecule has 30 heavy (non-hydrogen) atoms. The number of hydrogen-bond acceptors (Lipinski definition) is 6. The lowest BCUT2D eigenvalue weighted by molar-refractivity contribution is 0.0467. The van der Waals surface area contributed by atoms with Crippen LogP contribution in [0.25, 0.3) is 11.5 Å². The SMILES string of the molecule is CC(C)(C)NS(=O)(=O)c1cc(C(=O)OCc2coc(-c3ccccc3)n2)ccc1Cl. The molecule has 0 radical (unpaired) electrons. The highest BCUT2D eigenvalue weighted by atomic mass is 35.5. The van der Waals surface area contributed by atoms with E-state index in [1.54, 1.807) is 20.8 Å². The van der Waals surface area contributed by atoms with Gasteiger partial charge in [-0.15, -0.1) is 0 Å². The number of carbonyl (C=O) groups excluding carboxylic acids is 1. The van der Waals surface area contributed by atoms with Gasteiger partial charge in [0.05, 0.1) is 10.6 Å². The second-order valence-corrected chi connectivity index (χ2v) is 9.64. The Hall–Kier alpha value is -2.68. The van der Waals surface area contributed by atoms with E-state index in [0.29, 0.717) is 11.6 Å². The summed E-state index contributed by atoms with van der Waals surface area (Å²) in [5, 5.41) is 0.00676. The van der Waals surface area contributed by atoms with Crippen molar-refractivity contribution in [1.29, 1.82) is 0 Å². The summed E-state index contributed by atoms with van der Waals surface area (Å²) < 4.78 is 38.3. The molecule has 0 unspecified atom stereocenters. The first-order valence-corrected chi connectivity index (χ1v) is 10.9. The highest BCUT2D eigenvalue weighted by molar-refractivity contribution is 7.89. The molecule has 9 heteroatoms. The van der Waals surface area contributed by atoms with E-state index < -0.39 is 21.5 Å². The lowest BCUT2D eigenvalue weighted by Crippen LogP contribution is -2.40. The van der Waals surface area contributed by atoms with Gasteiger partial charge in [0, 0.05) is 11.1 Å². The van der Waals surface area contributed by atoms with Crippen molar-refractivity contribution < 1.29 is 22.4 Å². The minimum Gasteiger partial charge on any atom is -0.455 e. The third-order valence-electron chi connectivity index (χ3n) is 3.82. The van der Waals surface area contributed by atoms with Crippen molar-refractivity contribution in [3.8, 4) is 11.5 Å². The molecule has 0 bridgehead atoms. The highest BCUT2D eigenvalue weighted by Gasteiger charge is 2.25. The smallest absolute Gasteiger partial charge is 0.338 e. The third kappa shape index (κ3) is 5.47. The number of nitrogens with zero attached hydrogens (tertiary/aromatic N) is 1. The molecule has 1 heterocycles. The van der Waals surface area contributed by atoms with Gasteiger partial charge < -0.3 is 9.15 Å². The van der Waals surface area contributed by atoms with E-state index in [-0.39, 0.29) is 22.1 Å². The van der Waals surface area contributed by atoms with Crippen LogP contribution in [0, 0.1) is 0 Å². The molecule has 0 saturated carbocycles. The molecule has 0 amide bonds. The van der Waals surface area contributed by atoms with E-state index in [0.717, 1.165) is 5.56 Å². The normalized spacial score (nSPS) is 12.0. The van der Waals surface area contributed by atoms with Gasteiger partial charge in [0.15, 0.2) is 0 Å². The number of rotatable bonds is 6. The van der Waals surface area contributed by atoms with E-state index in [1.807, 2.05) is 30.3 Å². The van der Waals surface area contributed by atoms with Gasteiger partial charge >= 0.3 is 5.97 Å². The number of hydrogen-bond donors (Lipinski definition) is 1. The topological polar surface area (TPSA) is 98.5 Å². The maximum atomic E-state index is 12.6. The van der Waals surface area contributed by atoms with Crippen LogP contribution >= 0.6 is 11.6 Å². The molecule has 0 aliphatic heterocycles. The van der Waals surface area contributed by atoms with Gasteiger partial charge in [0.2, 0.25) is 15.9 Å². The summed E-state index contributed by atoms with van der Waals surface area (Å²) in [6, 6.07) is 13.2. The molecule has 1 N–H and O–H groups in total. The molecule has 3 aromatic rings. The summed E-state index contributed by atoms with van der Waals surface area (Å²) in [5.74, 6) is -0.294. The van der Waals surface area contributed by atoms with Crippen LogP contribution in [0.4, 0.5) is 0 Å². The second-order valence-electron chi connectivity index (χ2n) is 7.59. The molecule has 2 aromatic carbocycles. The largest absolute Gasteiger partial charge is 0.455 e. The minimum atomic E-state index is -3.92. The lowest BCUT2D eigenvalue weighted by Gasteiger charge is -2.21. The Kier molecular flexibility index (Phi) is 6.30. The van der Waals surface area contributed by atoms with Crippen LogP contribution in [-0.2, 0) is 21.4 Å². The van der Waals surface area contributed by atoms with E-state index >= 15 is 0 Å². The van der Waals surface area contributed by atoms with Crippen molar-refractivity contribution in [1.82, 2.24) is 9.71 Å². The average Bonchev–Trinajstić information content (AvgIpc) is 3.14. The van der Waals surface area contributed by atoms with E-state index in [2.05, 4.69) is 9.71 Å². The van der Waals surface area contributed by atoms with Crippen molar-refractivity contribution in [2.75, 3.05) is 0 Å². The standard InChI is InChI=1S/C21H21ClN2O5S/c1-21(2,3)24-30(26,27)18-11-15(9-10-17(18)22)20(25)29-13-16-12-28-19(23-16)14-7-5-4-6-8-14/h4-12,24H,13H2,1-3H3. The van der Waals surface area contributed by atoms with Crippen LogP contribution in [0.3, 0.4) is 0 Å². The fraction of sp³-hybridized carbons (Fsp3) is 0.238. The predicted octanol–water partition coefficient (Wildman–Crippen LogP) is 4.43. The van der Waals surface area contributed by atoms with Gasteiger partial charge in [0.25, 0.3) is 0 Å². The molecule has 0 atom stereocenters. The summed E-state index contributed by atoms with van der Waals surface area (Å²) in [5.41, 5.74) is 0.579. The first kappa shape index (κ1) is 22.0. The molecule has 0 saturated heterocycles. The minimum absolute atomic E-state index is 0.00676. The number of esters is 1. The fourth-order valence-electron chi connectivity index (χ4n) is 2.60. The molecule has 0 aliphatic rings. The number of nitrogens with one attached hydrogen (secondary N) is 1. The number of halogens is 1. The molecule has 3 rings (SSSR count). The van der Waals surface area contributed by atoms with Crippen molar-refractivity contribution in [2.24, 2.45) is 0 Å². The van der Waals surface area contributed by atoms with Gasteiger partial charge in [0.1, 0.15) is 23.5 Å². The number of carbonyl (C=O) groups is 1. The molecule has 1 aromatic heterocycles. The highest BCUT2D eigenvalue weighted by Crippen LogP contribution is 2.25. The first-order valence-electron chi connectivity index (χ1n) is 9.06. The fourth-order valence-corrected chi connectivity index (χ4v) is 4.55. The monoisotopic (exact) mass is 448 g/mol. The van der Waals surface area contributed by atoms with Gasteiger partial charge in [-0.25, -0.2) is 22.9 Å². The maximum absolute atomic E-state index is 12.6.